The number of ether oxygens (including phenoxy) is 3. The highest BCUT2D eigenvalue weighted by Gasteiger charge is 2.50. The van der Waals surface area contributed by atoms with E-state index < -0.39 is 11.5 Å². The van der Waals surface area contributed by atoms with Crippen LogP contribution in [0.4, 0.5) is 16.2 Å². The number of carbonyl (C=O) groups is 2. The lowest BCUT2D eigenvalue weighted by Crippen LogP contribution is -2.39. The van der Waals surface area contributed by atoms with Crippen molar-refractivity contribution in [3.05, 3.63) is 112 Å². The van der Waals surface area contributed by atoms with Gasteiger partial charge in [-0.05, 0) is 78.7 Å². The van der Waals surface area contributed by atoms with Crippen LogP contribution in [0.15, 0.2) is 84.9 Å². The molecule has 4 aromatic carbocycles. The Hall–Kier alpha value is -4.20. The molecule has 9 heteroatoms. The van der Waals surface area contributed by atoms with Crippen molar-refractivity contribution >= 4 is 46.6 Å². The third-order valence-electron chi connectivity index (χ3n) is 6.99. The molecule has 1 N–H and O–H groups in total. The fraction of sp³-hybridized carbons (Fsp3) is 0.161. The Morgan fingerprint density at radius 2 is 1.65 bits per heavy atom. The molecule has 4 aromatic rings. The van der Waals surface area contributed by atoms with Crippen LogP contribution in [-0.2, 0) is 16.8 Å². The van der Waals surface area contributed by atoms with Crippen molar-refractivity contribution < 1.29 is 23.8 Å². The largest absolute Gasteiger partial charge is 0.497 e. The summed E-state index contributed by atoms with van der Waals surface area (Å²) in [5.41, 5.74) is 1.94. The molecule has 1 heterocycles. The zero-order valence-corrected chi connectivity index (χ0v) is 23.5. The molecule has 1 aliphatic rings. The monoisotopic (exact) mass is 576 g/mol. The molecule has 0 spiro atoms. The Labute approximate surface area is 242 Å². The van der Waals surface area contributed by atoms with Crippen molar-refractivity contribution in [3.63, 3.8) is 0 Å². The van der Waals surface area contributed by atoms with Crippen molar-refractivity contribution in [1.82, 2.24) is 0 Å². The third-order valence-corrected chi connectivity index (χ3v) is 7.55. The van der Waals surface area contributed by atoms with Crippen LogP contribution in [0.2, 0.25) is 10.0 Å². The van der Waals surface area contributed by atoms with Gasteiger partial charge in [0.1, 0.15) is 22.7 Å². The second-order valence-corrected chi connectivity index (χ2v) is 10.2. The van der Waals surface area contributed by atoms with E-state index in [-0.39, 0.29) is 12.5 Å². The number of hydrogen-bond donors (Lipinski definition) is 1. The number of anilines is 2. The molecule has 1 unspecified atom stereocenters. The van der Waals surface area contributed by atoms with Crippen LogP contribution in [0.1, 0.15) is 23.6 Å². The van der Waals surface area contributed by atoms with Crippen molar-refractivity contribution in [2.45, 2.75) is 18.9 Å². The molecule has 0 fully saturated rings. The SMILES string of the molecule is COc1ccc(CN2C(=O)C(C)(c3cc(NC(=O)Oc4ccccc4)ccc3Cl)c3cc(Cl)ccc32)c(OC)c1. The second kappa shape index (κ2) is 11.1. The first-order chi connectivity index (χ1) is 19.2. The van der Waals surface area contributed by atoms with Crippen molar-refractivity contribution in [3.8, 4) is 17.2 Å². The van der Waals surface area contributed by atoms with E-state index in [4.69, 9.17) is 37.4 Å². The number of nitrogens with zero attached hydrogens (tertiary/aromatic N) is 1. The van der Waals surface area contributed by atoms with Crippen molar-refractivity contribution in [1.29, 1.82) is 0 Å². The van der Waals surface area contributed by atoms with Gasteiger partial charge < -0.3 is 19.1 Å². The van der Waals surface area contributed by atoms with Gasteiger partial charge in [0.05, 0.1) is 20.8 Å². The number of amides is 2. The molecule has 0 saturated heterocycles. The summed E-state index contributed by atoms with van der Waals surface area (Å²) in [4.78, 5) is 28.6. The first-order valence-corrected chi connectivity index (χ1v) is 13.2. The fourth-order valence-electron chi connectivity index (χ4n) is 4.93. The standard InChI is InChI=1S/C31H26Cl2N2O5/c1-31(24-16-21(11-13-26(24)33)34-30(37)40-22-7-5-4-6-8-22)25-15-20(32)10-14-27(25)35(29(31)36)18-19-9-12-23(38-2)17-28(19)39-3/h4-17H,18H2,1-3H3,(H,34,37). The molecule has 5 rings (SSSR count). The Morgan fingerprint density at radius 3 is 2.38 bits per heavy atom. The lowest BCUT2D eigenvalue weighted by molar-refractivity contribution is -0.121. The van der Waals surface area contributed by atoms with Crippen LogP contribution in [0.5, 0.6) is 17.2 Å². The number of rotatable bonds is 7. The summed E-state index contributed by atoms with van der Waals surface area (Å²) in [6.07, 6.45) is -0.668. The number of fused-ring (bicyclic) bond motifs is 1. The average Bonchev–Trinajstić information content (AvgIpc) is 3.16. The summed E-state index contributed by atoms with van der Waals surface area (Å²) >= 11 is 13.1. The summed E-state index contributed by atoms with van der Waals surface area (Å²) in [6, 6.07) is 24.5. The zero-order valence-electron chi connectivity index (χ0n) is 22.0. The average molecular weight is 577 g/mol. The maximum atomic E-state index is 14.3. The minimum atomic E-state index is -1.20. The quantitative estimate of drug-likeness (QED) is 0.247. The molecule has 204 valence electrons. The van der Waals surface area contributed by atoms with Crippen molar-refractivity contribution in [2.75, 3.05) is 24.4 Å². The number of methoxy groups -OCH3 is 2. The maximum Gasteiger partial charge on any atom is 0.417 e. The molecule has 0 aliphatic carbocycles. The number of benzene rings is 4. The molecular formula is C31H26Cl2N2O5. The predicted molar refractivity (Wildman–Crippen MR) is 156 cm³/mol. The molecule has 2 amide bonds. The molecule has 0 saturated carbocycles. The molecule has 40 heavy (non-hydrogen) atoms. The van der Waals surface area contributed by atoms with E-state index in [1.54, 1.807) is 79.8 Å². The van der Waals surface area contributed by atoms with Gasteiger partial charge in [0.15, 0.2) is 0 Å². The van der Waals surface area contributed by atoms with E-state index in [0.717, 1.165) is 5.56 Å². The highest BCUT2D eigenvalue weighted by atomic mass is 35.5. The summed E-state index contributed by atoms with van der Waals surface area (Å²) < 4.78 is 16.3. The highest BCUT2D eigenvalue weighted by Crippen LogP contribution is 2.50. The zero-order chi connectivity index (χ0) is 28.4. The molecule has 0 radical (unpaired) electrons. The molecule has 0 aromatic heterocycles. The first kappa shape index (κ1) is 27.4. The first-order valence-electron chi connectivity index (χ1n) is 12.4. The number of carbonyl (C=O) groups excluding carboxylic acids is 2. The van der Waals surface area contributed by atoms with Gasteiger partial charge in [-0.25, -0.2) is 4.79 Å². The van der Waals surface area contributed by atoms with Gasteiger partial charge in [0.25, 0.3) is 0 Å². The van der Waals surface area contributed by atoms with E-state index in [9.17, 15) is 9.59 Å². The summed E-state index contributed by atoms with van der Waals surface area (Å²) in [7, 11) is 3.15. The van der Waals surface area contributed by atoms with E-state index in [1.165, 1.54) is 0 Å². The number of nitrogens with one attached hydrogen (secondary N) is 1. The van der Waals surface area contributed by atoms with Gasteiger partial charge in [-0.2, -0.15) is 0 Å². The third kappa shape index (κ3) is 5.06. The topological polar surface area (TPSA) is 77.1 Å². The van der Waals surface area contributed by atoms with Crippen LogP contribution in [0.3, 0.4) is 0 Å². The lowest BCUT2D eigenvalue weighted by Gasteiger charge is -2.27. The van der Waals surface area contributed by atoms with E-state index in [1.807, 2.05) is 31.2 Å². The smallest absolute Gasteiger partial charge is 0.417 e. The number of para-hydroxylation sites is 1. The minimum absolute atomic E-state index is 0.200. The van der Waals surface area contributed by atoms with E-state index in [2.05, 4.69) is 5.32 Å². The van der Waals surface area contributed by atoms with Gasteiger partial charge in [-0.1, -0.05) is 41.4 Å². The lowest BCUT2D eigenvalue weighted by atomic mass is 9.77. The van der Waals surface area contributed by atoms with Gasteiger partial charge in [0.2, 0.25) is 5.91 Å². The molecule has 7 nitrogen and oxygen atoms in total. The summed E-state index contributed by atoms with van der Waals surface area (Å²) in [6.45, 7) is 2.05. The van der Waals surface area contributed by atoms with Gasteiger partial charge in [-0.15, -0.1) is 0 Å². The molecule has 1 aliphatic heterocycles. The van der Waals surface area contributed by atoms with E-state index in [0.29, 0.717) is 49.8 Å². The Kier molecular flexibility index (Phi) is 7.61. The van der Waals surface area contributed by atoms with Crippen LogP contribution in [0, 0.1) is 0 Å². The summed E-state index contributed by atoms with van der Waals surface area (Å²) in [5.74, 6) is 1.44. The number of halogens is 2. The normalized spacial score (nSPS) is 15.9. The second-order valence-electron chi connectivity index (χ2n) is 9.38. The van der Waals surface area contributed by atoms with Crippen LogP contribution in [0.25, 0.3) is 0 Å². The van der Waals surface area contributed by atoms with Gasteiger partial charge in [-0.3, -0.25) is 10.1 Å². The van der Waals surface area contributed by atoms with Crippen molar-refractivity contribution in [2.24, 2.45) is 0 Å². The van der Waals surface area contributed by atoms with Gasteiger partial charge >= 0.3 is 6.09 Å². The predicted octanol–water partition coefficient (Wildman–Crippen LogP) is 7.47. The summed E-state index contributed by atoms with van der Waals surface area (Å²) in [5, 5.41) is 3.58. The highest BCUT2D eigenvalue weighted by molar-refractivity contribution is 6.33. The number of hydrogen-bond acceptors (Lipinski definition) is 5. The molecule has 1 atom stereocenters. The van der Waals surface area contributed by atoms with Crippen LogP contribution >= 0.6 is 23.2 Å². The Morgan fingerprint density at radius 1 is 0.875 bits per heavy atom. The van der Waals surface area contributed by atoms with Crippen LogP contribution in [-0.4, -0.2) is 26.2 Å². The fourth-order valence-corrected chi connectivity index (χ4v) is 5.41. The van der Waals surface area contributed by atoms with Gasteiger partial charge in [0, 0.05) is 33.0 Å². The molecule has 0 bridgehead atoms. The van der Waals surface area contributed by atoms with Crippen LogP contribution < -0.4 is 24.4 Å². The van der Waals surface area contributed by atoms with E-state index >= 15 is 0 Å². The minimum Gasteiger partial charge on any atom is -0.497 e. The Balaban J connectivity index is 1.52. The molecular weight excluding hydrogens is 551 g/mol. The Bertz CT molecular complexity index is 1590. The maximum absolute atomic E-state index is 14.3.